The van der Waals surface area contributed by atoms with E-state index in [9.17, 15) is 23.3 Å². The number of non-ortho nitro benzene ring substituents is 1. The molecule has 1 N–H and O–H groups in total. The van der Waals surface area contributed by atoms with E-state index in [1.165, 1.54) is 41.0 Å². The predicted molar refractivity (Wildman–Crippen MR) is 162 cm³/mol. The molecule has 1 aromatic heterocycles. The second kappa shape index (κ2) is 12.3. The lowest BCUT2D eigenvalue weighted by molar-refractivity contribution is -0.384. The number of rotatable bonds is 10. The van der Waals surface area contributed by atoms with Gasteiger partial charge in [-0.3, -0.25) is 14.7 Å². The van der Waals surface area contributed by atoms with E-state index in [2.05, 4.69) is 25.8 Å². The maximum absolute atomic E-state index is 15.6. The summed E-state index contributed by atoms with van der Waals surface area (Å²) in [6.45, 7) is 7.06. The minimum atomic E-state index is -3.90. The lowest BCUT2D eigenvalue weighted by Crippen LogP contribution is -2.40. The smallest absolute Gasteiger partial charge is 0.274 e. The van der Waals surface area contributed by atoms with Gasteiger partial charge in [0, 0.05) is 39.7 Å². The van der Waals surface area contributed by atoms with E-state index in [1.807, 2.05) is 6.92 Å². The number of hydrogen-bond donors (Lipinski definition) is 1. The average molecular weight is 661 g/mol. The number of nitro benzene ring substituents is 1. The average Bonchev–Trinajstić information content (AvgIpc) is 3.21. The summed E-state index contributed by atoms with van der Waals surface area (Å²) < 4.78 is 47.3. The summed E-state index contributed by atoms with van der Waals surface area (Å²) in [6, 6.07) is 14.8. The van der Waals surface area contributed by atoms with Crippen LogP contribution in [0, 0.1) is 15.9 Å². The Morgan fingerprint density at radius 1 is 1.10 bits per heavy atom. The zero-order chi connectivity index (χ0) is 30.8. The zero-order valence-electron chi connectivity index (χ0n) is 23.6. The van der Waals surface area contributed by atoms with Gasteiger partial charge in [-0.2, -0.15) is 4.68 Å². The van der Waals surface area contributed by atoms with Crippen molar-refractivity contribution in [3.63, 3.8) is 0 Å². The Balaban J connectivity index is 1.75. The first kappa shape index (κ1) is 31.3. The number of halogens is 2. The molecule has 4 aromatic rings. The molecule has 13 heteroatoms. The largest absolute Gasteiger partial charge is 0.351 e. The molecule has 0 unspecified atom stereocenters. The number of unbranched alkanes of at least 4 members (excludes halogenated alkanes) is 1. The molecule has 3 aromatic carbocycles. The van der Waals surface area contributed by atoms with Crippen LogP contribution < -0.4 is 10.4 Å². The van der Waals surface area contributed by atoms with Gasteiger partial charge in [-0.05, 0) is 66.9 Å². The molecule has 0 aliphatic heterocycles. The van der Waals surface area contributed by atoms with Gasteiger partial charge in [-0.1, -0.05) is 43.7 Å². The van der Waals surface area contributed by atoms with Crippen molar-refractivity contribution < 1.29 is 17.7 Å². The summed E-state index contributed by atoms with van der Waals surface area (Å²) in [5, 5.41) is 15.8. The molecule has 0 atom stereocenters. The Bertz CT molecular complexity index is 1810. The lowest BCUT2D eigenvalue weighted by Gasteiger charge is -2.21. The molecule has 0 spiro atoms. The highest BCUT2D eigenvalue weighted by molar-refractivity contribution is 9.10. The molecule has 0 saturated heterocycles. The minimum absolute atomic E-state index is 0.0222. The Kier molecular flexibility index (Phi) is 9.14. The van der Waals surface area contributed by atoms with Gasteiger partial charge in [0.15, 0.2) is 0 Å². The van der Waals surface area contributed by atoms with Crippen LogP contribution >= 0.6 is 15.9 Å². The highest BCUT2D eigenvalue weighted by atomic mass is 79.9. The molecule has 0 aliphatic carbocycles. The minimum Gasteiger partial charge on any atom is -0.274 e. The fourth-order valence-corrected chi connectivity index (χ4v) is 6.52. The summed E-state index contributed by atoms with van der Waals surface area (Å²) in [7, 11) is -3.90. The van der Waals surface area contributed by atoms with Gasteiger partial charge in [-0.15, -0.1) is 5.10 Å². The van der Waals surface area contributed by atoms with E-state index in [0.29, 0.717) is 27.8 Å². The SMILES string of the molecule is CCCCc1nn(-c2cc([N+](=O)[O-])ccc2Br)c(=O)n1Cc1ccc(-c2ccccc2S(=O)(=O)NC(C)(C)C)cc1F. The second-order valence-corrected chi connectivity index (χ2v) is 13.4. The van der Waals surface area contributed by atoms with Crippen LogP contribution in [-0.2, 0) is 23.0 Å². The van der Waals surface area contributed by atoms with Gasteiger partial charge in [0.1, 0.15) is 11.6 Å². The molecule has 222 valence electrons. The number of nitro groups is 1. The monoisotopic (exact) mass is 659 g/mol. The number of aromatic nitrogens is 3. The molecule has 0 aliphatic rings. The van der Waals surface area contributed by atoms with Crippen LogP contribution in [0.2, 0.25) is 0 Å². The number of aryl methyl sites for hydroxylation is 1. The van der Waals surface area contributed by atoms with Crippen LogP contribution in [0.5, 0.6) is 0 Å². The third-order valence-electron chi connectivity index (χ3n) is 6.37. The molecule has 0 radical (unpaired) electrons. The molecule has 42 heavy (non-hydrogen) atoms. The van der Waals surface area contributed by atoms with Gasteiger partial charge in [-0.25, -0.2) is 22.3 Å². The summed E-state index contributed by atoms with van der Waals surface area (Å²) in [6.07, 6.45) is 2.00. The topological polar surface area (TPSA) is 129 Å². The lowest BCUT2D eigenvalue weighted by atomic mass is 10.0. The molecule has 1 heterocycles. The fourth-order valence-electron chi connectivity index (χ4n) is 4.46. The normalized spacial score (nSPS) is 12.0. The van der Waals surface area contributed by atoms with Crippen molar-refractivity contribution in [2.45, 2.75) is 63.9 Å². The number of nitrogens with one attached hydrogen (secondary N) is 1. The summed E-state index contributed by atoms with van der Waals surface area (Å²) >= 11 is 3.34. The number of hydrogen-bond acceptors (Lipinski definition) is 6. The highest BCUT2D eigenvalue weighted by Crippen LogP contribution is 2.30. The van der Waals surface area contributed by atoms with Crippen molar-refractivity contribution >= 4 is 31.6 Å². The van der Waals surface area contributed by atoms with E-state index in [4.69, 9.17) is 0 Å². The number of benzene rings is 3. The highest BCUT2D eigenvalue weighted by Gasteiger charge is 2.25. The molecular weight excluding hydrogens is 629 g/mol. The van der Waals surface area contributed by atoms with Crippen molar-refractivity contribution in [1.82, 2.24) is 19.1 Å². The van der Waals surface area contributed by atoms with Crippen molar-refractivity contribution in [3.05, 3.63) is 103 Å². The van der Waals surface area contributed by atoms with E-state index in [0.717, 1.165) is 17.5 Å². The van der Waals surface area contributed by atoms with Gasteiger partial charge in [0.2, 0.25) is 10.0 Å². The molecule has 4 rings (SSSR count). The molecule has 0 fully saturated rings. The van der Waals surface area contributed by atoms with Gasteiger partial charge in [0.25, 0.3) is 5.69 Å². The molecule has 0 saturated carbocycles. The first-order valence-electron chi connectivity index (χ1n) is 13.3. The van der Waals surface area contributed by atoms with E-state index >= 15 is 4.39 Å². The summed E-state index contributed by atoms with van der Waals surface area (Å²) in [5.74, 6) is -0.213. The van der Waals surface area contributed by atoms with Gasteiger partial charge in [0.05, 0.1) is 22.1 Å². The van der Waals surface area contributed by atoms with Crippen LogP contribution in [0.25, 0.3) is 16.8 Å². The van der Waals surface area contributed by atoms with Crippen LogP contribution in [0.1, 0.15) is 51.9 Å². The van der Waals surface area contributed by atoms with E-state index in [-0.39, 0.29) is 28.4 Å². The van der Waals surface area contributed by atoms with Crippen molar-refractivity contribution in [2.75, 3.05) is 0 Å². The van der Waals surface area contributed by atoms with Crippen molar-refractivity contribution in [1.29, 1.82) is 0 Å². The van der Waals surface area contributed by atoms with E-state index < -0.39 is 32.0 Å². The Labute approximate surface area is 251 Å². The first-order chi connectivity index (χ1) is 19.7. The molecular formula is C29H31BrFN5O5S. The number of sulfonamides is 1. The quantitative estimate of drug-likeness (QED) is 0.165. The maximum Gasteiger partial charge on any atom is 0.351 e. The standard InChI is InChI=1S/C29H31BrFN5O5S/c1-5-6-11-27-32-35(25-17-21(36(38)39)14-15-23(25)30)28(37)34(27)18-20-13-12-19(16-24(20)31)22-9-7-8-10-26(22)42(40,41)33-29(2,3)4/h7-10,12-17,33H,5-6,11,18H2,1-4H3. The Morgan fingerprint density at radius 3 is 2.45 bits per heavy atom. The molecule has 10 nitrogen and oxygen atoms in total. The zero-order valence-corrected chi connectivity index (χ0v) is 26.0. The van der Waals surface area contributed by atoms with Crippen molar-refractivity contribution in [2.24, 2.45) is 0 Å². The fraction of sp³-hybridized carbons (Fsp3) is 0.310. The summed E-state index contributed by atoms with van der Waals surface area (Å²) in [5.41, 5.74) is -0.395. The van der Waals surface area contributed by atoms with Crippen LogP contribution in [0.3, 0.4) is 0 Å². The van der Waals surface area contributed by atoms with Gasteiger partial charge < -0.3 is 0 Å². The van der Waals surface area contributed by atoms with Crippen LogP contribution in [0.15, 0.2) is 74.8 Å². The Hall–Kier alpha value is -3.68. The molecule has 0 amide bonds. The third-order valence-corrected chi connectivity index (χ3v) is 8.86. The second-order valence-electron chi connectivity index (χ2n) is 10.9. The predicted octanol–water partition coefficient (Wildman–Crippen LogP) is 5.98. The third kappa shape index (κ3) is 6.85. The Morgan fingerprint density at radius 2 is 1.81 bits per heavy atom. The first-order valence-corrected chi connectivity index (χ1v) is 15.5. The van der Waals surface area contributed by atoms with Gasteiger partial charge >= 0.3 is 5.69 Å². The van der Waals surface area contributed by atoms with Crippen LogP contribution in [0.4, 0.5) is 10.1 Å². The number of nitrogens with zero attached hydrogens (tertiary/aromatic N) is 4. The molecule has 0 bridgehead atoms. The summed E-state index contributed by atoms with van der Waals surface area (Å²) in [4.78, 5) is 24.3. The van der Waals surface area contributed by atoms with E-state index in [1.54, 1.807) is 45.0 Å². The van der Waals surface area contributed by atoms with Crippen molar-refractivity contribution in [3.8, 4) is 16.8 Å². The maximum atomic E-state index is 15.6. The van der Waals surface area contributed by atoms with Crippen LogP contribution in [-0.4, -0.2) is 33.2 Å².